The quantitative estimate of drug-likeness (QED) is 0.364. The van der Waals surface area contributed by atoms with Gasteiger partial charge in [-0.15, -0.1) is 0 Å². The van der Waals surface area contributed by atoms with E-state index in [-0.39, 0.29) is 0 Å². The second kappa shape index (κ2) is 7.79. The summed E-state index contributed by atoms with van der Waals surface area (Å²) >= 11 is 1.65. The standard InChI is InChI=1S/C18H21N5S/c1-2-13-6-5-7-14(12-13)22-17(19)20-10-11-21-18-23-15-8-3-4-9-16(15)24-18/h3-9,12H,2,10-11H2,1H3,(H,21,23)(H3,19,20,22). The largest absolute Gasteiger partial charge is 0.370 e. The molecule has 1 aromatic heterocycles. The number of rotatable bonds is 6. The van der Waals surface area contributed by atoms with Crippen LogP contribution in [-0.4, -0.2) is 24.0 Å². The van der Waals surface area contributed by atoms with Crippen molar-refractivity contribution in [2.24, 2.45) is 10.7 Å². The van der Waals surface area contributed by atoms with Gasteiger partial charge in [-0.25, -0.2) is 4.98 Å². The van der Waals surface area contributed by atoms with Gasteiger partial charge in [0.2, 0.25) is 0 Å². The first-order chi connectivity index (χ1) is 11.7. The highest BCUT2D eigenvalue weighted by molar-refractivity contribution is 7.22. The lowest BCUT2D eigenvalue weighted by molar-refractivity contribution is 1.01. The minimum absolute atomic E-state index is 0.425. The predicted molar refractivity (Wildman–Crippen MR) is 104 cm³/mol. The minimum Gasteiger partial charge on any atom is -0.370 e. The van der Waals surface area contributed by atoms with Crippen LogP contribution in [0.5, 0.6) is 0 Å². The van der Waals surface area contributed by atoms with Crippen LogP contribution in [0.3, 0.4) is 0 Å². The van der Waals surface area contributed by atoms with Gasteiger partial charge in [-0.05, 0) is 36.2 Å². The third-order valence-electron chi connectivity index (χ3n) is 3.57. The Morgan fingerprint density at radius 2 is 2.08 bits per heavy atom. The van der Waals surface area contributed by atoms with Crippen molar-refractivity contribution in [2.75, 3.05) is 23.7 Å². The number of nitrogens with two attached hydrogens (primary N) is 1. The fourth-order valence-electron chi connectivity index (χ4n) is 2.34. The molecule has 6 heteroatoms. The van der Waals surface area contributed by atoms with Gasteiger partial charge >= 0.3 is 0 Å². The maximum absolute atomic E-state index is 5.94. The molecule has 0 saturated carbocycles. The van der Waals surface area contributed by atoms with Gasteiger partial charge in [0.05, 0.1) is 16.8 Å². The number of aryl methyl sites for hydroxylation is 1. The Bertz CT molecular complexity index is 807. The molecule has 0 atom stereocenters. The number of aliphatic imine (C=N–C) groups is 1. The monoisotopic (exact) mass is 339 g/mol. The number of nitrogens with zero attached hydrogens (tertiary/aromatic N) is 2. The van der Waals surface area contributed by atoms with Gasteiger partial charge in [0.25, 0.3) is 0 Å². The van der Waals surface area contributed by atoms with Crippen LogP contribution in [0, 0.1) is 0 Å². The van der Waals surface area contributed by atoms with E-state index < -0.39 is 0 Å². The van der Waals surface area contributed by atoms with E-state index in [9.17, 15) is 0 Å². The smallest absolute Gasteiger partial charge is 0.193 e. The number of nitrogens with one attached hydrogen (secondary N) is 2. The SMILES string of the molecule is CCc1cccc(NC(N)=NCCNc2nc3ccccc3s2)c1. The average Bonchev–Trinajstić information content (AvgIpc) is 3.01. The Hall–Kier alpha value is -2.60. The van der Waals surface area contributed by atoms with E-state index in [1.165, 1.54) is 10.3 Å². The second-order valence-corrected chi connectivity index (χ2v) is 6.39. The van der Waals surface area contributed by atoms with E-state index in [1.807, 2.05) is 30.3 Å². The first kappa shape index (κ1) is 16.3. The molecule has 24 heavy (non-hydrogen) atoms. The van der Waals surface area contributed by atoms with Gasteiger partial charge in [0.1, 0.15) is 0 Å². The summed E-state index contributed by atoms with van der Waals surface area (Å²) in [5.41, 5.74) is 9.19. The van der Waals surface area contributed by atoms with Crippen LogP contribution in [0.4, 0.5) is 10.8 Å². The predicted octanol–water partition coefficient (Wildman–Crippen LogP) is 3.70. The van der Waals surface area contributed by atoms with E-state index in [0.717, 1.165) is 22.8 Å². The Morgan fingerprint density at radius 1 is 1.21 bits per heavy atom. The molecule has 0 aliphatic carbocycles. The molecule has 3 aromatic rings. The molecule has 2 aromatic carbocycles. The molecule has 0 bridgehead atoms. The molecule has 124 valence electrons. The molecule has 0 spiro atoms. The first-order valence-electron chi connectivity index (χ1n) is 8.00. The van der Waals surface area contributed by atoms with Gasteiger partial charge in [-0.1, -0.05) is 42.5 Å². The summed E-state index contributed by atoms with van der Waals surface area (Å²) in [5, 5.41) is 7.32. The maximum atomic E-state index is 5.94. The lowest BCUT2D eigenvalue weighted by atomic mass is 10.1. The lowest BCUT2D eigenvalue weighted by Gasteiger charge is -2.07. The number of benzene rings is 2. The van der Waals surface area contributed by atoms with E-state index in [4.69, 9.17) is 5.73 Å². The first-order valence-corrected chi connectivity index (χ1v) is 8.81. The summed E-state index contributed by atoms with van der Waals surface area (Å²) in [4.78, 5) is 8.87. The van der Waals surface area contributed by atoms with Crippen molar-refractivity contribution in [1.82, 2.24) is 4.98 Å². The van der Waals surface area contributed by atoms with E-state index in [2.05, 4.69) is 45.7 Å². The fraction of sp³-hybridized carbons (Fsp3) is 0.222. The molecule has 0 fully saturated rings. The van der Waals surface area contributed by atoms with Crippen molar-refractivity contribution in [3.05, 3.63) is 54.1 Å². The Morgan fingerprint density at radius 3 is 2.92 bits per heavy atom. The number of fused-ring (bicyclic) bond motifs is 1. The summed E-state index contributed by atoms with van der Waals surface area (Å²) in [6.07, 6.45) is 0.999. The van der Waals surface area contributed by atoms with Gasteiger partial charge in [-0.2, -0.15) is 0 Å². The summed E-state index contributed by atoms with van der Waals surface area (Å²) < 4.78 is 1.18. The topological polar surface area (TPSA) is 75.3 Å². The molecule has 1 heterocycles. The molecule has 0 aliphatic heterocycles. The van der Waals surface area contributed by atoms with Crippen LogP contribution in [-0.2, 0) is 6.42 Å². The number of guanidine groups is 1. The molecule has 0 aliphatic rings. The van der Waals surface area contributed by atoms with Gasteiger partial charge < -0.3 is 16.4 Å². The third kappa shape index (κ3) is 4.23. The van der Waals surface area contributed by atoms with Crippen LogP contribution in [0.1, 0.15) is 12.5 Å². The summed E-state index contributed by atoms with van der Waals surface area (Å²) in [6, 6.07) is 16.3. The van der Waals surface area contributed by atoms with E-state index >= 15 is 0 Å². The van der Waals surface area contributed by atoms with Gasteiger partial charge in [0.15, 0.2) is 11.1 Å². The van der Waals surface area contributed by atoms with Crippen LogP contribution >= 0.6 is 11.3 Å². The molecule has 0 unspecified atom stereocenters. The molecule has 0 amide bonds. The Labute approximate surface area is 145 Å². The zero-order valence-corrected chi connectivity index (χ0v) is 14.4. The number of anilines is 2. The fourth-order valence-corrected chi connectivity index (χ4v) is 3.23. The molecule has 4 N–H and O–H groups in total. The van der Waals surface area contributed by atoms with Crippen molar-refractivity contribution in [3.63, 3.8) is 0 Å². The highest BCUT2D eigenvalue weighted by Crippen LogP contribution is 2.24. The van der Waals surface area contributed by atoms with E-state index in [1.54, 1.807) is 11.3 Å². The number of thiazole rings is 1. The van der Waals surface area contributed by atoms with Crippen LogP contribution < -0.4 is 16.4 Å². The highest BCUT2D eigenvalue weighted by atomic mass is 32.1. The lowest BCUT2D eigenvalue weighted by Crippen LogP contribution is -2.23. The van der Waals surface area contributed by atoms with Crippen molar-refractivity contribution < 1.29 is 0 Å². The number of para-hydroxylation sites is 1. The molecule has 0 saturated heterocycles. The number of hydrogen-bond acceptors (Lipinski definition) is 4. The highest BCUT2D eigenvalue weighted by Gasteiger charge is 2.01. The summed E-state index contributed by atoms with van der Waals surface area (Å²) in [7, 11) is 0. The Kier molecular flexibility index (Phi) is 5.28. The molecule has 0 radical (unpaired) electrons. The van der Waals surface area contributed by atoms with Crippen LogP contribution in [0.2, 0.25) is 0 Å². The van der Waals surface area contributed by atoms with Crippen LogP contribution in [0.15, 0.2) is 53.5 Å². The summed E-state index contributed by atoms with van der Waals surface area (Å²) in [6.45, 7) is 3.41. The average molecular weight is 339 g/mol. The summed E-state index contributed by atoms with van der Waals surface area (Å²) in [5.74, 6) is 0.425. The molecule has 5 nitrogen and oxygen atoms in total. The van der Waals surface area contributed by atoms with Crippen LogP contribution in [0.25, 0.3) is 10.2 Å². The van der Waals surface area contributed by atoms with Crippen molar-refractivity contribution >= 4 is 38.3 Å². The van der Waals surface area contributed by atoms with Gasteiger partial charge in [-0.3, -0.25) is 4.99 Å². The second-order valence-electron chi connectivity index (χ2n) is 5.36. The van der Waals surface area contributed by atoms with Crippen molar-refractivity contribution in [2.45, 2.75) is 13.3 Å². The molecular weight excluding hydrogens is 318 g/mol. The zero-order chi connectivity index (χ0) is 16.8. The minimum atomic E-state index is 0.425. The van der Waals surface area contributed by atoms with Crippen molar-refractivity contribution in [3.8, 4) is 0 Å². The molecular formula is C18H21N5S. The Balaban J connectivity index is 1.50. The number of aromatic nitrogens is 1. The van der Waals surface area contributed by atoms with Crippen molar-refractivity contribution in [1.29, 1.82) is 0 Å². The normalized spacial score (nSPS) is 11.6. The number of hydrogen-bond donors (Lipinski definition) is 3. The molecule has 3 rings (SSSR count). The maximum Gasteiger partial charge on any atom is 0.193 e. The van der Waals surface area contributed by atoms with E-state index in [0.29, 0.717) is 19.0 Å². The third-order valence-corrected chi connectivity index (χ3v) is 4.57. The zero-order valence-electron chi connectivity index (χ0n) is 13.6. The van der Waals surface area contributed by atoms with Gasteiger partial charge in [0, 0.05) is 12.2 Å².